The molecule has 138 valence electrons. The van der Waals surface area contributed by atoms with Crippen molar-refractivity contribution in [2.45, 2.75) is 38.5 Å². The molecular weight excluding hydrogens is 357 g/mol. The van der Waals surface area contributed by atoms with E-state index in [1.165, 1.54) is 6.07 Å². The highest BCUT2D eigenvalue weighted by Crippen LogP contribution is 2.31. The summed E-state index contributed by atoms with van der Waals surface area (Å²) < 4.78 is 25.0. The maximum absolute atomic E-state index is 14.1. The van der Waals surface area contributed by atoms with Gasteiger partial charge in [-0.15, -0.1) is 0 Å². The summed E-state index contributed by atoms with van der Waals surface area (Å²) in [5, 5.41) is 0.326. The number of ether oxygens (including phenoxy) is 2. The van der Waals surface area contributed by atoms with Gasteiger partial charge in [-0.1, -0.05) is 17.7 Å². The predicted molar refractivity (Wildman–Crippen MR) is 98.1 cm³/mol. The van der Waals surface area contributed by atoms with Crippen molar-refractivity contribution in [3.05, 3.63) is 58.9 Å². The number of hydrogen-bond donors (Lipinski definition) is 0. The molecule has 2 aromatic rings. The first-order valence-corrected chi connectivity index (χ1v) is 8.91. The Morgan fingerprint density at radius 3 is 2.46 bits per heavy atom. The highest BCUT2D eigenvalue weighted by Gasteiger charge is 2.36. The van der Waals surface area contributed by atoms with Crippen molar-refractivity contribution in [1.82, 2.24) is 4.90 Å². The third-order valence-corrected chi connectivity index (χ3v) is 4.74. The van der Waals surface area contributed by atoms with Crippen LogP contribution in [-0.4, -0.2) is 30.1 Å². The molecule has 0 spiro atoms. The van der Waals surface area contributed by atoms with E-state index in [-0.39, 0.29) is 18.5 Å². The van der Waals surface area contributed by atoms with Gasteiger partial charge in [0.2, 0.25) is 0 Å². The fraction of sp³-hybridized carbons (Fsp3) is 0.350. The van der Waals surface area contributed by atoms with Crippen LogP contribution in [0.1, 0.15) is 25.3 Å². The van der Waals surface area contributed by atoms with Crippen molar-refractivity contribution in [2.75, 3.05) is 7.11 Å². The van der Waals surface area contributed by atoms with Gasteiger partial charge in [-0.2, -0.15) is 0 Å². The van der Waals surface area contributed by atoms with Gasteiger partial charge in [0, 0.05) is 16.6 Å². The minimum absolute atomic E-state index is 0.111. The summed E-state index contributed by atoms with van der Waals surface area (Å²) in [4.78, 5) is 14.6. The summed E-state index contributed by atoms with van der Waals surface area (Å²) in [6.07, 6.45) is 1.13. The Hall–Kier alpha value is -2.27. The summed E-state index contributed by atoms with van der Waals surface area (Å²) in [6.45, 7) is 1.84. The summed E-state index contributed by atoms with van der Waals surface area (Å²) in [6, 6.07) is 11.7. The molecular formula is C20H21ClFNO3. The zero-order chi connectivity index (χ0) is 18.7. The average molecular weight is 378 g/mol. The molecule has 1 aliphatic carbocycles. The Morgan fingerprint density at radius 2 is 1.88 bits per heavy atom. The summed E-state index contributed by atoms with van der Waals surface area (Å²) in [5.74, 6) is 0.707. The molecule has 0 N–H and O–H groups in total. The minimum atomic E-state index is -0.686. The van der Waals surface area contributed by atoms with Crippen LogP contribution < -0.4 is 9.47 Å². The van der Waals surface area contributed by atoms with Crippen LogP contribution in [0.15, 0.2) is 42.5 Å². The number of nitrogens with zero attached hydrogens (tertiary/aromatic N) is 1. The molecule has 0 radical (unpaired) electrons. The van der Waals surface area contributed by atoms with Crippen molar-refractivity contribution in [1.29, 1.82) is 0 Å². The first kappa shape index (κ1) is 18.5. The topological polar surface area (TPSA) is 38.8 Å². The van der Waals surface area contributed by atoms with Crippen LogP contribution in [-0.2, 0) is 11.3 Å². The molecule has 1 fully saturated rings. The molecule has 6 heteroatoms. The molecule has 26 heavy (non-hydrogen) atoms. The molecule has 0 bridgehead atoms. The Labute approximate surface area is 157 Å². The Balaban J connectivity index is 1.71. The molecule has 0 heterocycles. The lowest BCUT2D eigenvalue weighted by molar-refractivity contribution is -0.139. The molecule has 1 atom stereocenters. The van der Waals surface area contributed by atoms with Gasteiger partial charge in [-0.05, 0) is 56.2 Å². The Kier molecular flexibility index (Phi) is 5.67. The maximum Gasteiger partial charge on any atom is 0.263 e. The largest absolute Gasteiger partial charge is 0.497 e. The number of carbonyl (C=O) groups excluding carboxylic acids is 1. The van der Waals surface area contributed by atoms with Crippen molar-refractivity contribution >= 4 is 17.5 Å². The van der Waals surface area contributed by atoms with Crippen molar-refractivity contribution < 1.29 is 18.7 Å². The van der Waals surface area contributed by atoms with Gasteiger partial charge in [0.1, 0.15) is 17.3 Å². The van der Waals surface area contributed by atoms with E-state index in [9.17, 15) is 9.18 Å². The Morgan fingerprint density at radius 1 is 1.23 bits per heavy atom. The number of methoxy groups -OCH3 is 1. The number of hydrogen-bond acceptors (Lipinski definition) is 3. The lowest BCUT2D eigenvalue weighted by Gasteiger charge is -2.26. The number of halogens is 2. The first-order valence-electron chi connectivity index (χ1n) is 8.53. The molecule has 0 saturated heterocycles. The van der Waals surface area contributed by atoms with E-state index in [0.29, 0.717) is 22.1 Å². The van der Waals surface area contributed by atoms with Gasteiger partial charge in [0.25, 0.3) is 5.91 Å². The van der Waals surface area contributed by atoms with E-state index in [4.69, 9.17) is 21.1 Å². The van der Waals surface area contributed by atoms with Crippen molar-refractivity contribution in [3.8, 4) is 11.5 Å². The first-order chi connectivity index (χ1) is 12.5. The normalized spacial score (nSPS) is 14.6. The number of carbonyl (C=O) groups is 1. The molecule has 1 saturated carbocycles. The lowest BCUT2D eigenvalue weighted by atomic mass is 10.1. The molecule has 0 aliphatic heterocycles. The van der Waals surface area contributed by atoms with Gasteiger partial charge in [-0.25, -0.2) is 4.39 Å². The van der Waals surface area contributed by atoms with Crippen LogP contribution in [0.4, 0.5) is 4.39 Å². The van der Waals surface area contributed by atoms with Crippen LogP contribution in [0.25, 0.3) is 0 Å². The van der Waals surface area contributed by atoms with Crippen LogP contribution in [0, 0.1) is 5.82 Å². The Bertz CT molecular complexity index is 757. The molecule has 1 unspecified atom stereocenters. The SMILES string of the molecule is COc1ccc(OC(C)C(=O)N(Cc2c(F)cccc2Cl)C2CC2)cc1. The summed E-state index contributed by atoms with van der Waals surface area (Å²) in [5.41, 5.74) is 0.339. The van der Waals surface area contributed by atoms with E-state index in [0.717, 1.165) is 12.8 Å². The summed E-state index contributed by atoms with van der Waals surface area (Å²) in [7, 11) is 1.59. The second kappa shape index (κ2) is 7.96. The molecule has 0 aromatic heterocycles. The van der Waals surface area contributed by atoms with Gasteiger partial charge in [0.05, 0.1) is 13.7 Å². The average Bonchev–Trinajstić information content (AvgIpc) is 3.46. The quantitative estimate of drug-likeness (QED) is 0.715. The van der Waals surface area contributed by atoms with Gasteiger partial charge in [-0.3, -0.25) is 4.79 Å². The number of amides is 1. The van der Waals surface area contributed by atoms with Gasteiger partial charge < -0.3 is 14.4 Å². The second-order valence-electron chi connectivity index (χ2n) is 6.33. The second-order valence-corrected chi connectivity index (χ2v) is 6.74. The maximum atomic E-state index is 14.1. The molecule has 3 rings (SSSR count). The van der Waals surface area contributed by atoms with Crippen LogP contribution in [0.5, 0.6) is 11.5 Å². The number of rotatable bonds is 7. The standard InChI is InChI=1S/C20H21ClFNO3/c1-13(26-16-10-8-15(25-2)9-11-16)20(24)23(14-6-7-14)12-17-18(21)4-3-5-19(17)22/h3-5,8-11,13-14H,6-7,12H2,1-2H3. The summed E-state index contributed by atoms with van der Waals surface area (Å²) >= 11 is 6.12. The highest BCUT2D eigenvalue weighted by molar-refractivity contribution is 6.31. The monoisotopic (exact) mass is 377 g/mol. The van der Waals surface area contributed by atoms with E-state index < -0.39 is 11.9 Å². The van der Waals surface area contributed by atoms with Gasteiger partial charge >= 0.3 is 0 Å². The van der Waals surface area contributed by atoms with Crippen molar-refractivity contribution in [2.24, 2.45) is 0 Å². The van der Waals surface area contributed by atoms with E-state index in [1.807, 2.05) is 0 Å². The molecule has 1 amide bonds. The van der Waals surface area contributed by atoms with Crippen LogP contribution in [0.2, 0.25) is 5.02 Å². The number of benzene rings is 2. The zero-order valence-corrected chi connectivity index (χ0v) is 15.5. The smallest absolute Gasteiger partial charge is 0.263 e. The van der Waals surface area contributed by atoms with Gasteiger partial charge in [0.15, 0.2) is 6.10 Å². The third-order valence-electron chi connectivity index (χ3n) is 4.38. The van der Waals surface area contributed by atoms with Crippen LogP contribution >= 0.6 is 11.6 Å². The fourth-order valence-corrected chi connectivity index (χ4v) is 2.99. The predicted octanol–water partition coefficient (Wildman–Crippen LogP) is 4.45. The fourth-order valence-electron chi connectivity index (χ4n) is 2.77. The van der Waals surface area contributed by atoms with E-state index in [2.05, 4.69) is 0 Å². The molecule has 2 aromatic carbocycles. The lowest BCUT2D eigenvalue weighted by Crippen LogP contribution is -2.41. The third kappa shape index (κ3) is 4.28. The van der Waals surface area contributed by atoms with Crippen LogP contribution in [0.3, 0.4) is 0 Å². The minimum Gasteiger partial charge on any atom is -0.497 e. The van der Waals surface area contributed by atoms with Crippen molar-refractivity contribution in [3.63, 3.8) is 0 Å². The highest BCUT2D eigenvalue weighted by atomic mass is 35.5. The molecule has 4 nitrogen and oxygen atoms in total. The zero-order valence-electron chi connectivity index (χ0n) is 14.7. The van der Waals surface area contributed by atoms with E-state index in [1.54, 1.807) is 55.3 Å². The molecule has 1 aliphatic rings. The van der Waals surface area contributed by atoms with E-state index >= 15 is 0 Å².